The predicted molar refractivity (Wildman–Crippen MR) is 67.0 cm³/mol. The van der Waals surface area contributed by atoms with Gasteiger partial charge in [-0.05, 0) is 6.07 Å². The molecule has 1 fully saturated rings. The normalized spacial score (nSPS) is 18.1. The highest BCUT2D eigenvalue weighted by atomic mass is 79.9. The van der Waals surface area contributed by atoms with E-state index >= 15 is 0 Å². The summed E-state index contributed by atoms with van der Waals surface area (Å²) in [5.74, 6) is 2.56. The standard InChI is InChI=1S/C10H13BrN2OS/c11-8-9-2-1-3-12-10(9)13-4-6-15(14)7-5-13/h1-3H,4-8H2. The molecule has 0 aliphatic carbocycles. The van der Waals surface area contributed by atoms with Gasteiger partial charge >= 0.3 is 0 Å². The molecule has 1 aromatic rings. The van der Waals surface area contributed by atoms with Crippen molar-refractivity contribution < 1.29 is 4.21 Å². The van der Waals surface area contributed by atoms with Crippen LogP contribution in [-0.2, 0) is 16.1 Å². The van der Waals surface area contributed by atoms with Gasteiger partial charge in [-0.1, -0.05) is 22.0 Å². The molecule has 0 atom stereocenters. The van der Waals surface area contributed by atoms with Crippen LogP contribution in [0.5, 0.6) is 0 Å². The highest BCUT2D eigenvalue weighted by molar-refractivity contribution is 9.08. The molecule has 1 aliphatic heterocycles. The molecule has 0 amide bonds. The molecular weight excluding hydrogens is 276 g/mol. The summed E-state index contributed by atoms with van der Waals surface area (Å²) in [5.41, 5.74) is 1.20. The van der Waals surface area contributed by atoms with E-state index in [1.165, 1.54) is 5.56 Å². The van der Waals surface area contributed by atoms with Gasteiger partial charge < -0.3 is 4.90 Å². The zero-order valence-electron chi connectivity index (χ0n) is 8.36. The Morgan fingerprint density at radius 3 is 2.87 bits per heavy atom. The largest absolute Gasteiger partial charge is 0.355 e. The van der Waals surface area contributed by atoms with Gasteiger partial charge in [-0.15, -0.1) is 0 Å². The number of anilines is 1. The van der Waals surface area contributed by atoms with Crippen LogP contribution >= 0.6 is 15.9 Å². The molecule has 15 heavy (non-hydrogen) atoms. The third kappa shape index (κ3) is 2.58. The van der Waals surface area contributed by atoms with Crippen LogP contribution in [0.1, 0.15) is 5.56 Å². The lowest BCUT2D eigenvalue weighted by Crippen LogP contribution is -2.38. The Morgan fingerprint density at radius 1 is 1.47 bits per heavy atom. The average Bonchev–Trinajstić information content (AvgIpc) is 2.30. The summed E-state index contributed by atoms with van der Waals surface area (Å²) in [7, 11) is -0.624. The van der Waals surface area contributed by atoms with E-state index in [2.05, 4.69) is 31.9 Å². The van der Waals surface area contributed by atoms with Crippen molar-refractivity contribution in [2.45, 2.75) is 5.33 Å². The Morgan fingerprint density at radius 2 is 2.20 bits per heavy atom. The minimum Gasteiger partial charge on any atom is -0.355 e. The average molecular weight is 289 g/mol. The smallest absolute Gasteiger partial charge is 0.132 e. The second kappa shape index (κ2) is 5.07. The minimum absolute atomic E-state index is 0.624. The lowest BCUT2D eigenvalue weighted by atomic mass is 10.2. The molecule has 5 heteroatoms. The molecule has 0 spiro atoms. The van der Waals surface area contributed by atoms with Crippen LogP contribution in [0.4, 0.5) is 5.82 Å². The van der Waals surface area contributed by atoms with Crippen molar-refractivity contribution in [1.82, 2.24) is 4.98 Å². The van der Waals surface area contributed by atoms with Gasteiger partial charge in [-0.25, -0.2) is 4.98 Å². The molecule has 2 rings (SSSR count). The summed E-state index contributed by atoms with van der Waals surface area (Å²) < 4.78 is 11.2. The van der Waals surface area contributed by atoms with Crippen molar-refractivity contribution in [3.05, 3.63) is 23.9 Å². The number of hydrogen-bond acceptors (Lipinski definition) is 3. The van der Waals surface area contributed by atoms with Crippen molar-refractivity contribution in [2.75, 3.05) is 29.5 Å². The van der Waals surface area contributed by atoms with Gasteiger partial charge in [0.1, 0.15) is 5.82 Å². The molecule has 1 saturated heterocycles. The molecular formula is C10H13BrN2OS. The van der Waals surface area contributed by atoms with E-state index in [-0.39, 0.29) is 0 Å². The Bertz CT molecular complexity index is 362. The van der Waals surface area contributed by atoms with Crippen molar-refractivity contribution in [3.63, 3.8) is 0 Å². The van der Waals surface area contributed by atoms with Gasteiger partial charge in [0, 0.05) is 52.5 Å². The number of pyridine rings is 1. The van der Waals surface area contributed by atoms with Gasteiger partial charge in [0.05, 0.1) is 0 Å². The molecule has 3 nitrogen and oxygen atoms in total. The number of aromatic nitrogens is 1. The van der Waals surface area contributed by atoms with Crippen LogP contribution in [0.15, 0.2) is 18.3 Å². The number of hydrogen-bond donors (Lipinski definition) is 0. The Balaban J connectivity index is 2.18. The van der Waals surface area contributed by atoms with Crippen LogP contribution in [0.25, 0.3) is 0 Å². The fourth-order valence-corrected chi connectivity index (χ4v) is 3.16. The predicted octanol–water partition coefficient (Wildman–Crippen LogP) is 1.55. The maximum Gasteiger partial charge on any atom is 0.132 e. The van der Waals surface area contributed by atoms with Crippen molar-refractivity contribution in [3.8, 4) is 0 Å². The topological polar surface area (TPSA) is 33.2 Å². The van der Waals surface area contributed by atoms with Gasteiger partial charge in [0.2, 0.25) is 0 Å². The first-order chi connectivity index (χ1) is 7.31. The second-order valence-electron chi connectivity index (χ2n) is 3.45. The maximum atomic E-state index is 11.2. The lowest BCUT2D eigenvalue weighted by molar-refractivity contribution is 0.672. The van der Waals surface area contributed by atoms with Gasteiger partial charge in [0.25, 0.3) is 0 Å². The van der Waals surface area contributed by atoms with E-state index in [1.54, 1.807) is 0 Å². The zero-order valence-corrected chi connectivity index (χ0v) is 10.8. The first-order valence-corrected chi connectivity index (χ1v) is 7.52. The maximum absolute atomic E-state index is 11.2. The summed E-state index contributed by atoms with van der Waals surface area (Å²) in [4.78, 5) is 6.62. The van der Waals surface area contributed by atoms with Gasteiger partial charge in [0.15, 0.2) is 0 Å². The molecule has 0 radical (unpaired) electrons. The first kappa shape index (κ1) is 11.1. The Hall–Kier alpha value is -0.420. The molecule has 1 aromatic heterocycles. The first-order valence-electron chi connectivity index (χ1n) is 4.91. The molecule has 82 valence electrons. The van der Waals surface area contributed by atoms with Crippen molar-refractivity contribution in [2.24, 2.45) is 0 Å². The highest BCUT2D eigenvalue weighted by Gasteiger charge is 2.18. The van der Waals surface area contributed by atoms with Crippen LogP contribution in [0.3, 0.4) is 0 Å². The van der Waals surface area contributed by atoms with Crippen molar-refractivity contribution >= 4 is 32.5 Å². The number of alkyl halides is 1. The van der Waals surface area contributed by atoms with Gasteiger partial charge in [-0.2, -0.15) is 0 Å². The second-order valence-corrected chi connectivity index (χ2v) is 5.71. The minimum atomic E-state index is -0.624. The number of rotatable bonds is 2. The summed E-state index contributed by atoms with van der Waals surface area (Å²) >= 11 is 3.46. The van der Waals surface area contributed by atoms with E-state index < -0.39 is 10.8 Å². The van der Waals surface area contributed by atoms with E-state index in [4.69, 9.17) is 0 Å². The number of halogens is 1. The number of nitrogens with zero attached hydrogens (tertiary/aromatic N) is 2. The van der Waals surface area contributed by atoms with E-state index in [0.29, 0.717) is 0 Å². The van der Waals surface area contributed by atoms with E-state index in [0.717, 1.165) is 35.7 Å². The monoisotopic (exact) mass is 288 g/mol. The van der Waals surface area contributed by atoms with Crippen LogP contribution in [0.2, 0.25) is 0 Å². The molecule has 0 bridgehead atoms. The Labute approximate surface area is 100 Å². The third-order valence-corrected chi connectivity index (χ3v) is 4.37. The van der Waals surface area contributed by atoms with Crippen LogP contribution < -0.4 is 4.90 Å². The fourth-order valence-electron chi connectivity index (χ4n) is 1.67. The third-order valence-electron chi connectivity index (χ3n) is 2.49. The summed E-state index contributed by atoms with van der Waals surface area (Å²) in [6.45, 7) is 1.70. The van der Waals surface area contributed by atoms with E-state index in [9.17, 15) is 4.21 Å². The van der Waals surface area contributed by atoms with Crippen molar-refractivity contribution in [1.29, 1.82) is 0 Å². The summed E-state index contributed by atoms with van der Waals surface area (Å²) in [6.07, 6.45) is 1.81. The molecule has 0 unspecified atom stereocenters. The summed E-state index contributed by atoms with van der Waals surface area (Å²) in [5, 5.41) is 0.815. The zero-order chi connectivity index (χ0) is 10.7. The highest BCUT2D eigenvalue weighted by Crippen LogP contribution is 2.20. The van der Waals surface area contributed by atoms with E-state index in [1.807, 2.05) is 12.3 Å². The quantitative estimate of drug-likeness (QED) is 0.774. The SMILES string of the molecule is O=S1CCN(c2ncccc2CBr)CC1. The lowest BCUT2D eigenvalue weighted by Gasteiger charge is -2.28. The fraction of sp³-hybridized carbons (Fsp3) is 0.500. The molecule has 0 aromatic carbocycles. The van der Waals surface area contributed by atoms with Crippen LogP contribution in [-0.4, -0.2) is 33.8 Å². The molecule has 0 saturated carbocycles. The van der Waals surface area contributed by atoms with Crippen LogP contribution in [0, 0.1) is 0 Å². The molecule has 2 heterocycles. The molecule has 0 N–H and O–H groups in total. The molecule has 1 aliphatic rings. The summed E-state index contributed by atoms with van der Waals surface area (Å²) in [6, 6.07) is 4.02. The Kier molecular flexibility index (Phi) is 3.75. The van der Waals surface area contributed by atoms with Gasteiger partial charge in [-0.3, -0.25) is 4.21 Å².